The van der Waals surface area contributed by atoms with E-state index in [-0.39, 0.29) is 5.60 Å². The van der Waals surface area contributed by atoms with Crippen molar-refractivity contribution in [3.05, 3.63) is 0 Å². The molecule has 0 aromatic carbocycles. The Morgan fingerprint density at radius 3 is 2.20 bits per heavy atom. The highest BCUT2D eigenvalue weighted by molar-refractivity contribution is 4.96. The molecule has 0 heterocycles. The zero-order chi connectivity index (χ0) is 14.7. The maximum atomic E-state index is 5.99. The van der Waals surface area contributed by atoms with Crippen molar-refractivity contribution in [2.75, 3.05) is 13.7 Å². The van der Waals surface area contributed by atoms with Crippen LogP contribution in [0.1, 0.15) is 90.9 Å². The Morgan fingerprint density at radius 2 is 1.60 bits per heavy atom. The van der Waals surface area contributed by atoms with Crippen LogP contribution in [0, 0.1) is 0 Å². The summed E-state index contributed by atoms with van der Waals surface area (Å²) in [6.45, 7) is 5.67. The summed E-state index contributed by atoms with van der Waals surface area (Å²) in [5, 5.41) is 3.78. The number of rotatable bonds is 12. The molecule has 1 N–H and O–H groups in total. The van der Waals surface area contributed by atoms with Crippen LogP contribution >= 0.6 is 0 Å². The van der Waals surface area contributed by atoms with Gasteiger partial charge in [0.15, 0.2) is 0 Å². The summed E-state index contributed by atoms with van der Waals surface area (Å²) in [4.78, 5) is 0. The molecule has 1 aliphatic carbocycles. The second-order valence-corrected chi connectivity index (χ2v) is 6.54. The molecule has 0 aliphatic heterocycles. The van der Waals surface area contributed by atoms with Gasteiger partial charge in [0.05, 0.1) is 5.60 Å². The topological polar surface area (TPSA) is 21.3 Å². The quantitative estimate of drug-likeness (QED) is 0.505. The lowest BCUT2D eigenvalue weighted by atomic mass is 9.87. The van der Waals surface area contributed by atoms with Crippen LogP contribution in [-0.4, -0.2) is 25.3 Å². The maximum absolute atomic E-state index is 5.99. The van der Waals surface area contributed by atoms with E-state index in [1.165, 1.54) is 77.0 Å². The smallest absolute Gasteiger partial charge is 0.0830 e. The molecule has 1 rings (SSSR count). The summed E-state index contributed by atoms with van der Waals surface area (Å²) in [6, 6.07) is 0.570. The molecule has 1 saturated carbocycles. The van der Waals surface area contributed by atoms with Gasteiger partial charge in [-0.15, -0.1) is 0 Å². The minimum Gasteiger partial charge on any atom is -0.377 e. The second-order valence-electron chi connectivity index (χ2n) is 6.54. The standard InChI is InChI=1S/C18H37NO/c1-4-6-7-8-9-10-13-17(19-16-5-2)18(20-3)14-11-12-15-18/h17,19H,4-16H2,1-3H3. The van der Waals surface area contributed by atoms with Gasteiger partial charge in [0.1, 0.15) is 0 Å². The molecule has 0 aromatic rings. The molecule has 0 bridgehead atoms. The first kappa shape index (κ1) is 18.0. The van der Waals surface area contributed by atoms with Crippen LogP contribution in [-0.2, 0) is 4.74 Å². The van der Waals surface area contributed by atoms with E-state index in [0.29, 0.717) is 6.04 Å². The van der Waals surface area contributed by atoms with Gasteiger partial charge in [0.25, 0.3) is 0 Å². The molecule has 1 aliphatic rings. The molecule has 2 heteroatoms. The maximum Gasteiger partial charge on any atom is 0.0830 e. The van der Waals surface area contributed by atoms with Crippen molar-refractivity contribution in [2.45, 2.75) is 103 Å². The van der Waals surface area contributed by atoms with Crippen LogP contribution in [0.15, 0.2) is 0 Å². The van der Waals surface area contributed by atoms with Crippen molar-refractivity contribution >= 4 is 0 Å². The van der Waals surface area contributed by atoms with Crippen LogP contribution in [0.2, 0.25) is 0 Å². The summed E-state index contributed by atoms with van der Waals surface area (Å²) in [5.74, 6) is 0. The van der Waals surface area contributed by atoms with Gasteiger partial charge in [-0.05, 0) is 32.2 Å². The molecule has 0 radical (unpaired) electrons. The van der Waals surface area contributed by atoms with Crippen molar-refractivity contribution < 1.29 is 4.74 Å². The third kappa shape index (κ3) is 5.73. The van der Waals surface area contributed by atoms with Gasteiger partial charge >= 0.3 is 0 Å². The van der Waals surface area contributed by atoms with E-state index in [0.717, 1.165) is 6.54 Å². The van der Waals surface area contributed by atoms with Gasteiger partial charge in [0, 0.05) is 13.2 Å². The minimum atomic E-state index is 0.137. The van der Waals surface area contributed by atoms with E-state index in [4.69, 9.17) is 4.74 Å². The van der Waals surface area contributed by atoms with Crippen LogP contribution in [0.5, 0.6) is 0 Å². The zero-order valence-corrected chi connectivity index (χ0v) is 14.2. The SMILES string of the molecule is CCCCCCCCC(NCCC)C1(OC)CCCC1. The molecular formula is C18H37NO. The Balaban J connectivity index is 2.35. The highest BCUT2D eigenvalue weighted by Gasteiger charge is 2.40. The third-order valence-corrected chi connectivity index (χ3v) is 4.98. The summed E-state index contributed by atoms with van der Waals surface area (Å²) in [7, 11) is 1.92. The fraction of sp³-hybridized carbons (Fsp3) is 1.00. The fourth-order valence-corrected chi connectivity index (χ4v) is 3.67. The van der Waals surface area contributed by atoms with Crippen molar-refractivity contribution in [1.29, 1.82) is 0 Å². The summed E-state index contributed by atoms with van der Waals surface area (Å²) in [6.07, 6.45) is 16.0. The van der Waals surface area contributed by atoms with Crippen LogP contribution in [0.4, 0.5) is 0 Å². The number of methoxy groups -OCH3 is 1. The zero-order valence-electron chi connectivity index (χ0n) is 14.2. The number of nitrogens with one attached hydrogen (secondary N) is 1. The highest BCUT2D eigenvalue weighted by Crippen LogP contribution is 2.37. The average Bonchev–Trinajstić information content (AvgIpc) is 2.95. The van der Waals surface area contributed by atoms with Crippen molar-refractivity contribution in [3.63, 3.8) is 0 Å². The van der Waals surface area contributed by atoms with Gasteiger partial charge < -0.3 is 10.1 Å². The van der Waals surface area contributed by atoms with Crippen LogP contribution in [0.25, 0.3) is 0 Å². The third-order valence-electron chi connectivity index (χ3n) is 4.98. The average molecular weight is 284 g/mol. The molecule has 120 valence electrons. The van der Waals surface area contributed by atoms with Gasteiger partial charge in [-0.2, -0.15) is 0 Å². The molecule has 0 amide bonds. The normalized spacial score (nSPS) is 19.4. The van der Waals surface area contributed by atoms with Gasteiger partial charge in [0.2, 0.25) is 0 Å². The first-order valence-corrected chi connectivity index (χ1v) is 9.07. The Bertz CT molecular complexity index is 223. The van der Waals surface area contributed by atoms with E-state index < -0.39 is 0 Å². The predicted octanol–water partition coefficient (Wildman–Crippen LogP) is 5.06. The highest BCUT2D eigenvalue weighted by atomic mass is 16.5. The summed E-state index contributed by atoms with van der Waals surface area (Å²) < 4.78 is 5.99. The predicted molar refractivity (Wildman–Crippen MR) is 88.3 cm³/mol. The Morgan fingerprint density at radius 1 is 0.950 bits per heavy atom. The Hall–Kier alpha value is -0.0800. The van der Waals surface area contributed by atoms with Crippen molar-refractivity contribution in [3.8, 4) is 0 Å². The van der Waals surface area contributed by atoms with E-state index in [9.17, 15) is 0 Å². The van der Waals surface area contributed by atoms with Crippen LogP contribution in [0.3, 0.4) is 0 Å². The minimum absolute atomic E-state index is 0.137. The van der Waals surface area contributed by atoms with E-state index in [2.05, 4.69) is 19.2 Å². The summed E-state index contributed by atoms with van der Waals surface area (Å²) in [5.41, 5.74) is 0.137. The molecule has 0 saturated heterocycles. The first-order chi connectivity index (χ1) is 9.79. The molecule has 20 heavy (non-hydrogen) atoms. The number of hydrogen-bond donors (Lipinski definition) is 1. The van der Waals surface area contributed by atoms with E-state index >= 15 is 0 Å². The molecule has 0 aromatic heterocycles. The molecule has 2 nitrogen and oxygen atoms in total. The molecule has 0 spiro atoms. The van der Waals surface area contributed by atoms with E-state index in [1.54, 1.807) is 0 Å². The van der Waals surface area contributed by atoms with Crippen molar-refractivity contribution in [2.24, 2.45) is 0 Å². The lowest BCUT2D eigenvalue weighted by Crippen LogP contribution is -2.50. The first-order valence-electron chi connectivity index (χ1n) is 9.07. The largest absolute Gasteiger partial charge is 0.377 e. The number of ether oxygens (including phenoxy) is 1. The lowest BCUT2D eigenvalue weighted by Gasteiger charge is -2.37. The number of unbranched alkanes of at least 4 members (excludes halogenated alkanes) is 5. The monoisotopic (exact) mass is 283 g/mol. The fourth-order valence-electron chi connectivity index (χ4n) is 3.67. The van der Waals surface area contributed by atoms with Gasteiger partial charge in [-0.3, -0.25) is 0 Å². The van der Waals surface area contributed by atoms with Crippen LogP contribution < -0.4 is 5.32 Å². The molecule has 1 unspecified atom stereocenters. The van der Waals surface area contributed by atoms with E-state index in [1.807, 2.05) is 7.11 Å². The molecular weight excluding hydrogens is 246 g/mol. The molecule has 1 atom stereocenters. The lowest BCUT2D eigenvalue weighted by molar-refractivity contribution is -0.0383. The Kier molecular flexibility index (Phi) is 9.54. The van der Waals surface area contributed by atoms with Gasteiger partial charge in [-0.25, -0.2) is 0 Å². The van der Waals surface area contributed by atoms with Gasteiger partial charge in [-0.1, -0.05) is 65.2 Å². The second kappa shape index (κ2) is 10.6. The Labute approximate surface area is 127 Å². The number of hydrogen-bond acceptors (Lipinski definition) is 2. The van der Waals surface area contributed by atoms with Crippen molar-refractivity contribution in [1.82, 2.24) is 5.32 Å². The molecule has 1 fully saturated rings. The summed E-state index contributed by atoms with van der Waals surface area (Å²) >= 11 is 0.